The van der Waals surface area contributed by atoms with Crippen LogP contribution in [-0.2, 0) is 4.79 Å². The van der Waals surface area contributed by atoms with E-state index >= 15 is 0 Å². The third-order valence-corrected chi connectivity index (χ3v) is 8.75. The Kier molecular flexibility index (Phi) is 2.70. The van der Waals surface area contributed by atoms with E-state index in [1.807, 2.05) is 19.6 Å². The molecule has 0 amide bonds. The summed E-state index contributed by atoms with van der Waals surface area (Å²) in [4.78, 5) is 10.7. The summed E-state index contributed by atoms with van der Waals surface area (Å²) in [5, 5.41) is 8.76. The number of alkyl halides is 1. The topological polar surface area (TPSA) is 37.3 Å². The summed E-state index contributed by atoms with van der Waals surface area (Å²) in [7, 11) is -1.63. The molecule has 10 heavy (non-hydrogen) atoms. The van der Waals surface area contributed by atoms with E-state index in [1.54, 1.807) is 6.92 Å². The van der Waals surface area contributed by atoms with Crippen LogP contribution in [0.25, 0.3) is 0 Å². The van der Waals surface area contributed by atoms with E-state index in [4.69, 9.17) is 5.11 Å². The Hall–Kier alpha value is 0.167. The summed E-state index contributed by atoms with van der Waals surface area (Å²) in [6.45, 7) is 7.79. The fourth-order valence-electron chi connectivity index (χ4n) is 0.321. The number of hydrogen-bond acceptors (Lipinski definition) is 1. The lowest BCUT2D eigenvalue weighted by molar-refractivity contribution is -0.137. The van der Waals surface area contributed by atoms with Crippen LogP contribution in [-0.4, -0.2) is 23.1 Å². The lowest BCUT2D eigenvalue weighted by atomic mass is 10.5. The maximum atomic E-state index is 10.7. The molecule has 0 heterocycles. The number of carboxylic acid groups (broad SMARTS) is 1. The van der Waals surface area contributed by atoms with E-state index < -0.39 is 18.0 Å². The highest BCUT2D eigenvalue weighted by molar-refractivity contribution is 9.11. The van der Waals surface area contributed by atoms with Gasteiger partial charge in [-0.25, -0.2) is 0 Å². The van der Waals surface area contributed by atoms with Crippen molar-refractivity contribution in [2.75, 3.05) is 0 Å². The number of halogens is 1. The standard InChI is InChI=1S/C6H13BrO2Si/c1-6(7,5(8)9)10(2,3)4/h1-4H3,(H,8,9). The van der Waals surface area contributed by atoms with Crippen LogP contribution < -0.4 is 0 Å². The highest BCUT2D eigenvalue weighted by Gasteiger charge is 2.43. The fourth-order valence-corrected chi connectivity index (χ4v) is 0.962. The average molecular weight is 225 g/mol. The van der Waals surface area contributed by atoms with Crippen molar-refractivity contribution in [2.24, 2.45) is 0 Å². The molecule has 2 nitrogen and oxygen atoms in total. The molecule has 0 aromatic heterocycles. The van der Waals surface area contributed by atoms with Crippen LogP contribution in [0, 0.1) is 0 Å². The summed E-state index contributed by atoms with van der Waals surface area (Å²) in [5.41, 5.74) is 0. The first-order chi connectivity index (χ1) is 4.19. The first-order valence-corrected chi connectivity index (χ1v) is 7.41. The summed E-state index contributed by atoms with van der Waals surface area (Å²) >= 11 is 3.23. The molecule has 0 aliphatic carbocycles. The molecule has 0 saturated carbocycles. The highest BCUT2D eigenvalue weighted by Crippen LogP contribution is 2.29. The molecule has 0 aliphatic rings. The molecule has 1 N–H and O–H groups in total. The summed E-state index contributed by atoms with van der Waals surface area (Å²) < 4.78 is -0.694. The molecule has 0 spiro atoms. The van der Waals surface area contributed by atoms with Gasteiger partial charge in [-0.2, -0.15) is 0 Å². The Labute approximate surface area is 70.8 Å². The second-order valence-corrected chi connectivity index (χ2v) is 11.4. The quantitative estimate of drug-likeness (QED) is 0.577. The number of hydrogen-bond donors (Lipinski definition) is 1. The molecule has 1 atom stereocenters. The van der Waals surface area contributed by atoms with E-state index in [-0.39, 0.29) is 0 Å². The summed E-state index contributed by atoms with van der Waals surface area (Å²) in [6, 6.07) is 0. The summed E-state index contributed by atoms with van der Waals surface area (Å²) in [5.74, 6) is -0.758. The van der Waals surface area contributed by atoms with Crippen molar-refractivity contribution in [3.63, 3.8) is 0 Å². The predicted octanol–water partition coefficient (Wildman–Crippen LogP) is 2.10. The van der Waals surface area contributed by atoms with Gasteiger partial charge in [0.15, 0.2) is 0 Å². The SMILES string of the molecule is CC(Br)(C(=O)O)[Si](C)(C)C. The molecule has 0 rings (SSSR count). The third kappa shape index (κ3) is 1.82. The molecule has 0 saturated heterocycles. The van der Waals surface area contributed by atoms with Gasteiger partial charge in [0, 0.05) is 0 Å². The van der Waals surface area contributed by atoms with Crippen molar-refractivity contribution in [1.29, 1.82) is 0 Å². The van der Waals surface area contributed by atoms with E-state index in [0.29, 0.717) is 0 Å². The Morgan fingerprint density at radius 1 is 1.50 bits per heavy atom. The van der Waals surface area contributed by atoms with Gasteiger partial charge in [0.25, 0.3) is 0 Å². The van der Waals surface area contributed by atoms with Crippen molar-refractivity contribution < 1.29 is 9.90 Å². The van der Waals surface area contributed by atoms with Crippen LogP contribution in [0.15, 0.2) is 0 Å². The van der Waals surface area contributed by atoms with Gasteiger partial charge < -0.3 is 5.11 Å². The van der Waals surface area contributed by atoms with Crippen LogP contribution in [0.2, 0.25) is 19.6 Å². The van der Waals surface area contributed by atoms with Crippen LogP contribution in [0.1, 0.15) is 6.92 Å². The van der Waals surface area contributed by atoms with Gasteiger partial charge in [0.1, 0.15) is 3.95 Å². The molecule has 4 heteroatoms. The molecule has 0 radical (unpaired) electrons. The van der Waals surface area contributed by atoms with Gasteiger partial charge >= 0.3 is 5.97 Å². The molecule has 60 valence electrons. The minimum Gasteiger partial charge on any atom is -0.480 e. The van der Waals surface area contributed by atoms with Gasteiger partial charge in [-0.3, -0.25) is 4.79 Å². The minimum absolute atomic E-state index is 0.694. The highest BCUT2D eigenvalue weighted by atomic mass is 79.9. The zero-order valence-corrected chi connectivity index (χ0v) is 9.32. The van der Waals surface area contributed by atoms with Crippen LogP contribution >= 0.6 is 15.9 Å². The monoisotopic (exact) mass is 224 g/mol. The van der Waals surface area contributed by atoms with Gasteiger partial charge in [0.2, 0.25) is 0 Å². The molecular formula is C6H13BrO2Si. The maximum Gasteiger partial charge on any atom is 0.317 e. The lowest BCUT2D eigenvalue weighted by Crippen LogP contribution is -2.50. The molecule has 0 fully saturated rings. The molecule has 0 aliphatic heterocycles. The molecule has 0 aromatic rings. The second kappa shape index (κ2) is 2.66. The minimum atomic E-state index is -1.63. The lowest BCUT2D eigenvalue weighted by Gasteiger charge is -2.30. The van der Waals surface area contributed by atoms with Gasteiger partial charge in [-0.1, -0.05) is 35.6 Å². The first-order valence-electron chi connectivity index (χ1n) is 3.12. The largest absolute Gasteiger partial charge is 0.480 e. The van der Waals surface area contributed by atoms with Crippen LogP contribution in [0.5, 0.6) is 0 Å². The molecule has 1 unspecified atom stereocenters. The summed E-state index contributed by atoms with van der Waals surface area (Å²) in [6.07, 6.45) is 0. The van der Waals surface area contributed by atoms with Crippen LogP contribution in [0.3, 0.4) is 0 Å². The number of carboxylic acids is 1. The van der Waals surface area contributed by atoms with Gasteiger partial charge in [0.05, 0.1) is 8.07 Å². The fraction of sp³-hybridized carbons (Fsp3) is 0.833. The zero-order chi connectivity index (χ0) is 8.58. The number of aliphatic carboxylic acids is 1. The Morgan fingerprint density at radius 2 is 1.80 bits per heavy atom. The molecular weight excluding hydrogens is 212 g/mol. The van der Waals surface area contributed by atoms with Crippen molar-refractivity contribution >= 4 is 30.0 Å². The molecule has 0 aromatic carbocycles. The Balaban J connectivity index is 4.57. The smallest absolute Gasteiger partial charge is 0.317 e. The molecule has 0 bridgehead atoms. The van der Waals surface area contributed by atoms with Gasteiger partial charge in [-0.05, 0) is 6.92 Å². The van der Waals surface area contributed by atoms with E-state index in [1.165, 1.54) is 0 Å². The normalized spacial score (nSPS) is 18.1. The maximum absolute atomic E-state index is 10.7. The number of rotatable bonds is 2. The van der Waals surface area contributed by atoms with Gasteiger partial charge in [-0.15, -0.1) is 0 Å². The second-order valence-electron chi connectivity index (χ2n) is 3.56. The average Bonchev–Trinajstić information content (AvgIpc) is 1.62. The zero-order valence-electron chi connectivity index (χ0n) is 6.73. The van der Waals surface area contributed by atoms with Crippen molar-refractivity contribution in [3.8, 4) is 0 Å². The van der Waals surface area contributed by atoms with E-state index in [9.17, 15) is 4.79 Å². The third-order valence-electron chi connectivity index (χ3n) is 1.81. The van der Waals surface area contributed by atoms with E-state index in [2.05, 4.69) is 15.9 Å². The van der Waals surface area contributed by atoms with Crippen LogP contribution in [0.4, 0.5) is 0 Å². The van der Waals surface area contributed by atoms with E-state index in [0.717, 1.165) is 0 Å². The van der Waals surface area contributed by atoms with Crippen molar-refractivity contribution in [1.82, 2.24) is 0 Å². The van der Waals surface area contributed by atoms with Crippen molar-refractivity contribution in [2.45, 2.75) is 30.5 Å². The first kappa shape index (κ1) is 10.2. The number of carbonyl (C=O) groups is 1. The Morgan fingerprint density at radius 3 is 1.80 bits per heavy atom. The van der Waals surface area contributed by atoms with Crippen molar-refractivity contribution in [3.05, 3.63) is 0 Å². The predicted molar refractivity (Wildman–Crippen MR) is 48.3 cm³/mol. The Bertz CT molecular complexity index is 148.